The Morgan fingerprint density at radius 3 is 2.94 bits per heavy atom. The zero-order valence-electron chi connectivity index (χ0n) is 10.1. The van der Waals surface area contributed by atoms with Gasteiger partial charge in [-0.2, -0.15) is 4.98 Å². The Bertz CT molecular complexity index is 511. The zero-order chi connectivity index (χ0) is 12.4. The van der Waals surface area contributed by atoms with Crippen LogP contribution in [0.1, 0.15) is 6.92 Å². The van der Waals surface area contributed by atoms with Gasteiger partial charge < -0.3 is 15.3 Å². The van der Waals surface area contributed by atoms with Gasteiger partial charge in [0.2, 0.25) is 5.95 Å². The lowest BCUT2D eigenvalue weighted by Crippen LogP contribution is -2.27. The van der Waals surface area contributed by atoms with E-state index in [-0.39, 0.29) is 6.10 Å². The molecule has 1 atom stereocenters. The number of fused-ring (bicyclic) bond motifs is 1. The van der Waals surface area contributed by atoms with Crippen molar-refractivity contribution in [2.45, 2.75) is 13.0 Å². The maximum Gasteiger partial charge on any atom is 0.225 e. The second-order valence-electron chi connectivity index (χ2n) is 3.99. The van der Waals surface area contributed by atoms with Crippen molar-refractivity contribution in [2.24, 2.45) is 0 Å². The first-order valence-electron chi connectivity index (χ1n) is 5.44. The first-order chi connectivity index (χ1) is 8.11. The zero-order valence-corrected chi connectivity index (χ0v) is 11.0. The summed E-state index contributed by atoms with van der Waals surface area (Å²) in [6, 6.07) is 1.97. The summed E-state index contributed by atoms with van der Waals surface area (Å²) in [7, 11) is 3.72. The monoisotopic (exact) mass is 252 g/mol. The third-order valence-electron chi connectivity index (χ3n) is 2.41. The summed E-state index contributed by atoms with van der Waals surface area (Å²) < 4.78 is 1.05. The highest BCUT2D eigenvalue weighted by atomic mass is 32.1. The van der Waals surface area contributed by atoms with Crippen LogP contribution in [-0.2, 0) is 0 Å². The number of aromatic nitrogens is 2. The number of anilines is 2. The molecular formula is C11H16N4OS. The molecule has 2 heterocycles. The smallest absolute Gasteiger partial charge is 0.225 e. The molecule has 2 aromatic heterocycles. The maximum absolute atomic E-state index is 9.44. The minimum absolute atomic E-state index is 0.386. The summed E-state index contributed by atoms with van der Waals surface area (Å²) in [6.07, 6.45) is -0.386. The summed E-state index contributed by atoms with van der Waals surface area (Å²) in [4.78, 5) is 10.8. The number of likely N-dealkylation sites (N-methyl/N-ethyl adjacent to an activating group) is 1. The van der Waals surface area contributed by atoms with Crippen LogP contribution >= 0.6 is 11.3 Å². The van der Waals surface area contributed by atoms with E-state index in [0.717, 1.165) is 16.0 Å². The van der Waals surface area contributed by atoms with Gasteiger partial charge in [0.1, 0.15) is 0 Å². The molecule has 0 bridgehead atoms. The highest BCUT2D eigenvalue weighted by molar-refractivity contribution is 7.17. The summed E-state index contributed by atoms with van der Waals surface area (Å²) in [6.45, 7) is 2.31. The van der Waals surface area contributed by atoms with E-state index in [9.17, 15) is 5.11 Å². The lowest BCUT2D eigenvalue weighted by molar-refractivity contribution is 0.201. The van der Waals surface area contributed by atoms with Gasteiger partial charge in [0.05, 0.1) is 16.3 Å². The van der Waals surface area contributed by atoms with Crippen molar-refractivity contribution in [3.63, 3.8) is 0 Å². The number of rotatable bonds is 4. The minimum Gasteiger partial charge on any atom is -0.392 e. The molecule has 17 heavy (non-hydrogen) atoms. The molecule has 6 heteroatoms. The molecule has 0 spiro atoms. The van der Waals surface area contributed by atoms with Crippen LogP contribution in [0.25, 0.3) is 10.2 Å². The van der Waals surface area contributed by atoms with Gasteiger partial charge in [-0.1, -0.05) is 0 Å². The fraction of sp³-hybridized carbons (Fsp3) is 0.455. The molecule has 0 aromatic carbocycles. The highest BCUT2D eigenvalue weighted by Crippen LogP contribution is 2.29. The van der Waals surface area contributed by atoms with E-state index in [1.54, 1.807) is 25.3 Å². The third-order valence-corrected chi connectivity index (χ3v) is 3.31. The molecule has 1 unspecified atom stereocenters. The Morgan fingerprint density at radius 2 is 2.29 bits per heavy atom. The number of aliphatic hydroxyl groups excluding tert-OH is 1. The Morgan fingerprint density at radius 1 is 1.53 bits per heavy atom. The molecule has 0 saturated heterocycles. The van der Waals surface area contributed by atoms with E-state index < -0.39 is 0 Å². The van der Waals surface area contributed by atoms with E-state index in [4.69, 9.17) is 0 Å². The van der Waals surface area contributed by atoms with Crippen molar-refractivity contribution in [1.29, 1.82) is 0 Å². The van der Waals surface area contributed by atoms with Crippen molar-refractivity contribution in [1.82, 2.24) is 9.97 Å². The fourth-order valence-corrected chi connectivity index (χ4v) is 2.58. The fourth-order valence-electron chi connectivity index (χ4n) is 1.70. The topological polar surface area (TPSA) is 61.3 Å². The van der Waals surface area contributed by atoms with Crippen LogP contribution in [0, 0.1) is 0 Å². The van der Waals surface area contributed by atoms with E-state index in [1.807, 2.05) is 23.4 Å². The summed E-state index contributed by atoms with van der Waals surface area (Å²) in [5.41, 5.74) is 0.932. The van der Waals surface area contributed by atoms with E-state index in [1.165, 1.54) is 0 Å². The standard InChI is InChI=1S/C11H16N4OS/c1-7(16)6-15(3)10-9-8(4-5-17-9)13-11(12-2)14-10/h4-5,7,16H,6H2,1-3H3,(H,12,13,14). The Kier molecular flexibility index (Phi) is 3.44. The number of nitrogens with one attached hydrogen (secondary N) is 1. The summed E-state index contributed by atoms with van der Waals surface area (Å²) in [5.74, 6) is 1.46. The second-order valence-corrected chi connectivity index (χ2v) is 4.90. The van der Waals surface area contributed by atoms with Gasteiger partial charge in [0, 0.05) is 20.6 Å². The van der Waals surface area contributed by atoms with Gasteiger partial charge in [-0.25, -0.2) is 4.98 Å². The Labute approximate surface area is 104 Å². The molecule has 2 aromatic rings. The molecule has 0 aliphatic heterocycles. The van der Waals surface area contributed by atoms with Crippen molar-refractivity contribution in [2.75, 3.05) is 30.9 Å². The average Bonchev–Trinajstić information content (AvgIpc) is 2.74. The van der Waals surface area contributed by atoms with Gasteiger partial charge in [0.15, 0.2) is 5.82 Å². The highest BCUT2D eigenvalue weighted by Gasteiger charge is 2.13. The van der Waals surface area contributed by atoms with Crippen molar-refractivity contribution < 1.29 is 5.11 Å². The number of nitrogens with zero attached hydrogens (tertiary/aromatic N) is 3. The molecule has 2 N–H and O–H groups in total. The Hall–Kier alpha value is -1.40. The number of hydrogen-bond donors (Lipinski definition) is 2. The summed E-state index contributed by atoms with van der Waals surface area (Å²) in [5, 5.41) is 14.4. The number of aliphatic hydroxyl groups is 1. The van der Waals surface area contributed by atoms with Crippen LogP contribution in [0.2, 0.25) is 0 Å². The SMILES string of the molecule is CNc1nc(N(C)CC(C)O)c2sccc2n1. The molecular weight excluding hydrogens is 236 g/mol. The molecule has 0 fully saturated rings. The number of hydrogen-bond acceptors (Lipinski definition) is 6. The van der Waals surface area contributed by atoms with Crippen molar-refractivity contribution in [3.05, 3.63) is 11.4 Å². The van der Waals surface area contributed by atoms with Crippen molar-refractivity contribution >= 4 is 33.3 Å². The second kappa shape index (κ2) is 4.85. The van der Waals surface area contributed by atoms with E-state index >= 15 is 0 Å². The third kappa shape index (κ3) is 2.48. The maximum atomic E-state index is 9.44. The van der Waals surface area contributed by atoms with E-state index in [2.05, 4.69) is 15.3 Å². The predicted molar refractivity (Wildman–Crippen MR) is 71.9 cm³/mol. The number of thiophene rings is 1. The van der Waals surface area contributed by atoms with Crippen molar-refractivity contribution in [3.8, 4) is 0 Å². The quantitative estimate of drug-likeness (QED) is 0.864. The first kappa shape index (κ1) is 12.1. The van der Waals surface area contributed by atoms with Gasteiger partial charge in [-0.3, -0.25) is 0 Å². The molecule has 0 amide bonds. The van der Waals surface area contributed by atoms with Gasteiger partial charge in [0.25, 0.3) is 0 Å². The minimum atomic E-state index is -0.386. The first-order valence-corrected chi connectivity index (χ1v) is 6.32. The van der Waals surface area contributed by atoms with Gasteiger partial charge in [-0.05, 0) is 18.4 Å². The van der Waals surface area contributed by atoms with Crippen LogP contribution in [0.3, 0.4) is 0 Å². The van der Waals surface area contributed by atoms with Gasteiger partial charge in [-0.15, -0.1) is 11.3 Å². The molecule has 0 aliphatic rings. The normalized spacial score (nSPS) is 12.7. The molecule has 0 saturated carbocycles. The largest absolute Gasteiger partial charge is 0.392 e. The molecule has 0 aliphatic carbocycles. The lowest BCUT2D eigenvalue weighted by atomic mass is 10.3. The van der Waals surface area contributed by atoms with Crippen LogP contribution < -0.4 is 10.2 Å². The molecule has 0 radical (unpaired) electrons. The van der Waals surface area contributed by atoms with Crippen LogP contribution in [0.5, 0.6) is 0 Å². The van der Waals surface area contributed by atoms with Crippen LogP contribution in [0.4, 0.5) is 11.8 Å². The van der Waals surface area contributed by atoms with Crippen LogP contribution in [0.15, 0.2) is 11.4 Å². The molecule has 92 valence electrons. The predicted octanol–water partition coefficient (Wildman–Crippen LogP) is 1.55. The average molecular weight is 252 g/mol. The van der Waals surface area contributed by atoms with E-state index in [0.29, 0.717) is 12.5 Å². The van der Waals surface area contributed by atoms with Crippen LogP contribution in [-0.4, -0.2) is 41.8 Å². The molecule has 5 nitrogen and oxygen atoms in total. The Balaban J connectivity index is 2.46. The van der Waals surface area contributed by atoms with Gasteiger partial charge >= 0.3 is 0 Å². The lowest BCUT2D eigenvalue weighted by Gasteiger charge is -2.20. The molecule has 2 rings (SSSR count). The summed E-state index contributed by atoms with van der Waals surface area (Å²) >= 11 is 1.61.